The number of aromatic nitrogens is 4. The van der Waals surface area contributed by atoms with Crippen LogP contribution in [-0.2, 0) is 11.3 Å². The molecule has 0 bridgehead atoms. The number of pyridine rings is 2. The molecule has 162 valence electrons. The summed E-state index contributed by atoms with van der Waals surface area (Å²) in [6.45, 7) is 3.44. The monoisotopic (exact) mass is 422 g/mol. The average molecular weight is 422 g/mol. The Balaban J connectivity index is 1.64. The summed E-state index contributed by atoms with van der Waals surface area (Å²) in [5.41, 5.74) is 6.41. The minimum atomic E-state index is -0.403. The van der Waals surface area contributed by atoms with Gasteiger partial charge < -0.3 is 25.5 Å². The molecule has 1 saturated heterocycles. The number of nitrogens with one attached hydrogen (secondary N) is 1. The van der Waals surface area contributed by atoms with E-state index in [0.717, 1.165) is 30.2 Å². The highest BCUT2D eigenvalue weighted by Crippen LogP contribution is 2.36. The molecule has 1 aliphatic heterocycles. The van der Waals surface area contributed by atoms with E-state index in [-0.39, 0.29) is 23.7 Å². The zero-order valence-corrected chi connectivity index (χ0v) is 17.5. The first-order valence-corrected chi connectivity index (χ1v) is 10.5. The number of aliphatic hydroxyl groups is 1. The summed E-state index contributed by atoms with van der Waals surface area (Å²) in [5, 5.41) is 14.7. The van der Waals surface area contributed by atoms with E-state index in [1.54, 1.807) is 23.2 Å². The Morgan fingerprint density at radius 3 is 2.61 bits per heavy atom. The van der Waals surface area contributed by atoms with E-state index in [9.17, 15) is 9.90 Å². The van der Waals surface area contributed by atoms with E-state index in [1.807, 2.05) is 12.1 Å². The number of nitrogens with zero attached hydrogens (tertiary/aromatic N) is 4. The van der Waals surface area contributed by atoms with Gasteiger partial charge in [0.25, 0.3) is 5.56 Å². The molecule has 5 rings (SSSR count). The van der Waals surface area contributed by atoms with Crippen molar-refractivity contribution in [3.63, 3.8) is 0 Å². The summed E-state index contributed by atoms with van der Waals surface area (Å²) in [6, 6.07) is 3.79. The van der Waals surface area contributed by atoms with Crippen LogP contribution in [0.15, 0.2) is 35.5 Å². The van der Waals surface area contributed by atoms with Crippen molar-refractivity contribution in [3.8, 4) is 11.3 Å². The highest BCUT2D eigenvalue weighted by Gasteiger charge is 2.39. The van der Waals surface area contributed by atoms with Gasteiger partial charge >= 0.3 is 0 Å². The lowest BCUT2D eigenvalue weighted by atomic mass is 9.78. The van der Waals surface area contributed by atoms with Gasteiger partial charge in [-0.15, -0.1) is 0 Å². The van der Waals surface area contributed by atoms with Crippen LogP contribution in [0.2, 0.25) is 0 Å². The normalized spacial score (nSPS) is 18.9. The number of hydrogen-bond acceptors (Lipinski definition) is 8. The molecule has 9 heteroatoms. The minimum absolute atomic E-state index is 0.0189. The molecule has 4 N–H and O–H groups in total. The fraction of sp³-hybridized carbons (Fsp3) is 0.455. The van der Waals surface area contributed by atoms with Crippen LogP contribution < -0.4 is 16.6 Å². The molecule has 4 heterocycles. The molecular weight excluding hydrogens is 396 g/mol. The fourth-order valence-corrected chi connectivity index (χ4v) is 4.24. The number of hydrogen-bond donors (Lipinski definition) is 3. The quantitative estimate of drug-likeness (QED) is 0.549. The molecule has 1 saturated carbocycles. The standard InChI is InChI=1S/C22H26N6O3/c1-21(4-2-5-21)27-18-17-14(7-16(26-18)15-8-24-20(23)25-9-15)3-6-28(19(17)30)10-22(11-29)12-31-13-22/h3,6-9,29H,2,4-5,10-13H2,1H3,(H,26,27)(H2,23,24,25). The zero-order valence-electron chi connectivity index (χ0n) is 17.5. The van der Waals surface area contributed by atoms with Crippen LogP contribution in [0.4, 0.5) is 11.8 Å². The SMILES string of the molecule is CC1(Nc2nc(-c3cnc(N)nc3)cc3ccn(CC4(CO)COC4)c(=O)c23)CCC1. The number of ether oxygens (including phenoxy) is 1. The van der Waals surface area contributed by atoms with Gasteiger partial charge in [0.05, 0.1) is 36.3 Å². The van der Waals surface area contributed by atoms with Gasteiger partial charge in [-0.3, -0.25) is 4.79 Å². The number of fused-ring (bicyclic) bond motifs is 1. The molecule has 3 aromatic rings. The van der Waals surface area contributed by atoms with Crippen molar-refractivity contribution in [3.05, 3.63) is 41.1 Å². The van der Waals surface area contributed by atoms with Crippen LogP contribution in [-0.4, -0.2) is 50.0 Å². The first-order valence-electron chi connectivity index (χ1n) is 10.5. The zero-order chi connectivity index (χ0) is 21.6. The van der Waals surface area contributed by atoms with Crippen molar-refractivity contribution in [2.75, 3.05) is 30.9 Å². The van der Waals surface area contributed by atoms with Crippen molar-refractivity contribution < 1.29 is 9.84 Å². The Morgan fingerprint density at radius 1 is 1.29 bits per heavy atom. The van der Waals surface area contributed by atoms with Gasteiger partial charge in [0.1, 0.15) is 5.82 Å². The lowest BCUT2D eigenvalue weighted by Gasteiger charge is -2.40. The number of aliphatic hydroxyl groups excluding tert-OH is 1. The van der Waals surface area contributed by atoms with E-state index in [0.29, 0.717) is 36.7 Å². The maximum atomic E-state index is 13.5. The Morgan fingerprint density at radius 2 is 2.03 bits per heavy atom. The van der Waals surface area contributed by atoms with Crippen molar-refractivity contribution in [2.45, 2.75) is 38.3 Å². The van der Waals surface area contributed by atoms with Gasteiger partial charge in [-0.2, -0.15) is 0 Å². The van der Waals surface area contributed by atoms with Crippen LogP contribution in [0.25, 0.3) is 22.0 Å². The predicted molar refractivity (Wildman–Crippen MR) is 118 cm³/mol. The van der Waals surface area contributed by atoms with Crippen molar-refractivity contribution in [1.29, 1.82) is 0 Å². The van der Waals surface area contributed by atoms with E-state index >= 15 is 0 Å². The third-order valence-corrected chi connectivity index (χ3v) is 6.46. The van der Waals surface area contributed by atoms with Gasteiger partial charge in [-0.25, -0.2) is 15.0 Å². The average Bonchev–Trinajstić information content (AvgIpc) is 2.71. The van der Waals surface area contributed by atoms with Crippen molar-refractivity contribution >= 4 is 22.5 Å². The van der Waals surface area contributed by atoms with Crippen molar-refractivity contribution in [1.82, 2.24) is 19.5 Å². The summed E-state index contributed by atoms with van der Waals surface area (Å²) in [7, 11) is 0. The lowest BCUT2D eigenvalue weighted by molar-refractivity contribution is -0.145. The molecule has 0 radical (unpaired) electrons. The molecule has 2 aliphatic rings. The first-order chi connectivity index (χ1) is 14.9. The number of anilines is 2. The molecule has 0 amide bonds. The molecule has 0 aromatic carbocycles. The summed E-state index contributed by atoms with van der Waals surface area (Å²) in [5.74, 6) is 0.763. The molecule has 31 heavy (non-hydrogen) atoms. The van der Waals surface area contributed by atoms with E-state index in [1.165, 1.54) is 0 Å². The molecular formula is C22H26N6O3. The molecule has 1 aliphatic carbocycles. The molecule has 2 fully saturated rings. The smallest absolute Gasteiger partial charge is 0.262 e. The van der Waals surface area contributed by atoms with Gasteiger partial charge in [0, 0.05) is 36.2 Å². The second-order valence-electron chi connectivity index (χ2n) is 9.09. The molecule has 9 nitrogen and oxygen atoms in total. The van der Waals surface area contributed by atoms with Crippen LogP contribution in [0, 0.1) is 5.41 Å². The highest BCUT2D eigenvalue weighted by molar-refractivity contribution is 5.94. The van der Waals surface area contributed by atoms with Crippen molar-refractivity contribution in [2.24, 2.45) is 5.41 Å². The first kappa shape index (κ1) is 19.9. The van der Waals surface area contributed by atoms with Gasteiger partial charge in [0.2, 0.25) is 5.95 Å². The fourth-order valence-electron chi connectivity index (χ4n) is 4.24. The van der Waals surface area contributed by atoms with E-state index in [4.69, 9.17) is 15.5 Å². The lowest BCUT2D eigenvalue weighted by Crippen LogP contribution is -2.50. The second-order valence-corrected chi connectivity index (χ2v) is 9.09. The van der Waals surface area contributed by atoms with E-state index < -0.39 is 5.41 Å². The highest BCUT2D eigenvalue weighted by atomic mass is 16.5. The minimum Gasteiger partial charge on any atom is -0.396 e. The Labute approximate surface area is 179 Å². The van der Waals surface area contributed by atoms with Gasteiger partial charge in [-0.05, 0) is 43.7 Å². The molecule has 0 atom stereocenters. The van der Waals surface area contributed by atoms with Crippen LogP contribution >= 0.6 is 0 Å². The second kappa shape index (κ2) is 7.28. The Hall–Kier alpha value is -3.04. The summed E-state index contributed by atoms with van der Waals surface area (Å²) in [4.78, 5) is 26.4. The van der Waals surface area contributed by atoms with Crippen LogP contribution in [0.1, 0.15) is 26.2 Å². The molecule has 0 spiro atoms. The Kier molecular flexibility index (Phi) is 4.67. The third-order valence-electron chi connectivity index (χ3n) is 6.46. The maximum absolute atomic E-state index is 13.5. The molecule has 0 unspecified atom stereocenters. The third kappa shape index (κ3) is 3.53. The van der Waals surface area contributed by atoms with E-state index in [2.05, 4.69) is 22.2 Å². The number of nitrogens with two attached hydrogens (primary N) is 1. The largest absolute Gasteiger partial charge is 0.396 e. The summed E-state index contributed by atoms with van der Waals surface area (Å²) >= 11 is 0. The Bertz CT molecular complexity index is 1180. The van der Waals surface area contributed by atoms with Crippen LogP contribution in [0.3, 0.4) is 0 Å². The number of rotatable bonds is 6. The predicted octanol–water partition coefficient (Wildman–Crippen LogP) is 1.80. The van der Waals surface area contributed by atoms with Gasteiger partial charge in [0.15, 0.2) is 0 Å². The maximum Gasteiger partial charge on any atom is 0.262 e. The topological polar surface area (TPSA) is 128 Å². The number of nitrogen functional groups attached to an aromatic ring is 1. The van der Waals surface area contributed by atoms with Crippen LogP contribution in [0.5, 0.6) is 0 Å². The summed E-state index contributed by atoms with van der Waals surface area (Å²) < 4.78 is 6.95. The van der Waals surface area contributed by atoms with Gasteiger partial charge in [-0.1, -0.05) is 0 Å². The summed E-state index contributed by atoms with van der Waals surface area (Å²) in [6.07, 6.45) is 8.24. The molecule has 3 aromatic heterocycles.